The predicted octanol–water partition coefficient (Wildman–Crippen LogP) is 3.07. The van der Waals surface area contributed by atoms with E-state index in [1.165, 1.54) is 16.2 Å². The number of thioether (sulfide) groups is 1. The first-order valence-electron chi connectivity index (χ1n) is 6.22. The lowest BCUT2D eigenvalue weighted by atomic mass is 10.2. The Kier molecular flexibility index (Phi) is 5.15. The lowest BCUT2D eigenvalue weighted by Crippen LogP contribution is -2.23. The van der Waals surface area contributed by atoms with Crippen LogP contribution < -0.4 is 5.32 Å². The first-order chi connectivity index (χ1) is 8.81. The van der Waals surface area contributed by atoms with Crippen molar-refractivity contribution in [2.45, 2.75) is 31.4 Å². The molecule has 0 spiro atoms. The Morgan fingerprint density at radius 1 is 1.50 bits per heavy atom. The molecule has 18 heavy (non-hydrogen) atoms. The van der Waals surface area contributed by atoms with Crippen molar-refractivity contribution in [1.82, 2.24) is 5.32 Å². The van der Waals surface area contributed by atoms with Gasteiger partial charge in [-0.15, -0.1) is 23.7 Å². The zero-order valence-electron chi connectivity index (χ0n) is 10.3. The van der Waals surface area contributed by atoms with Gasteiger partial charge in [-0.2, -0.15) is 11.8 Å². The molecule has 0 radical (unpaired) electrons. The van der Waals surface area contributed by atoms with Crippen molar-refractivity contribution in [3.8, 4) is 12.3 Å². The summed E-state index contributed by atoms with van der Waals surface area (Å²) in [5.41, 5.74) is 1.36. The fourth-order valence-electron chi connectivity index (χ4n) is 1.90. The summed E-state index contributed by atoms with van der Waals surface area (Å²) in [5, 5.41) is 2.96. The normalized spacial score (nSPS) is 13.7. The van der Waals surface area contributed by atoms with Gasteiger partial charge in [0.15, 0.2) is 0 Å². The molecule has 0 aliphatic carbocycles. The Morgan fingerprint density at radius 2 is 2.39 bits per heavy atom. The van der Waals surface area contributed by atoms with Crippen LogP contribution in [0.2, 0.25) is 0 Å². The van der Waals surface area contributed by atoms with Crippen molar-refractivity contribution in [3.63, 3.8) is 0 Å². The highest BCUT2D eigenvalue weighted by atomic mass is 32.2. The minimum Gasteiger partial charge on any atom is -0.351 e. The molecule has 1 amide bonds. The maximum atomic E-state index is 11.9. The third-order valence-electron chi connectivity index (χ3n) is 2.88. The third-order valence-corrected chi connectivity index (χ3v) is 5.13. The second-order valence-electron chi connectivity index (χ2n) is 4.28. The van der Waals surface area contributed by atoms with Crippen LogP contribution in [0.5, 0.6) is 0 Å². The fraction of sp³-hybridized carbons (Fsp3) is 0.500. The number of hydrogen-bond donors (Lipinski definition) is 1. The Labute approximate surface area is 117 Å². The van der Waals surface area contributed by atoms with E-state index in [-0.39, 0.29) is 5.91 Å². The van der Waals surface area contributed by atoms with Gasteiger partial charge in [-0.1, -0.05) is 0 Å². The molecule has 2 heterocycles. The van der Waals surface area contributed by atoms with Gasteiger partial charge in [0.05, 0.1) is 4.88 Å². The van der Waals surface area contributed by atoms with E-state index in [4.69, 9.17) is 6.42 Å². The van der Waals surface area contributed by atoms with Crippen LogP contribution in [0.25, 0.3) is 0 Å². The number of carbonyl (C=O) groups is 1. The molecular formula is C14H17NOS2. The van der Waals surface area contributed by atoms with E-state index in [2.05, 4.69) is 17.3 Å². The van der Waals surface area contributed by atoms with E-state index in [0.717, 1.165) is 42.9 Å². The van der Waals surface area contributed by atoms with Crippen LogP contribution in [0.1, 0.15) is 39.4 Å². The van der Waals surface area contributed by atoms with Crippen LogP contribution in [0, 0.1) is 12.3 Å². The van der Waals surface area contributed by atoms with Crippen molar-refractivity contribution in [1.29, 1.82) is 0 Å². The molecule has 1 N–H and O–H groups in total. The van der Waals surface area contributed by atoms with Crippen molar-refractivity contribution >= 4 is 29.0 Å². The Hall–Kier alpha value is -0.920. The SMILES string of the molecule is C#CCCCCNC(=O)c1cc2c(s1)CCSC2. The predicted molar refractivity (Wildman–Crippen MR) is 79.2 cm³/mol. The van der Waals surface area contributed by atoms with Crippen LogP contribution >= 0.6 is 23.1 Å². The van der Waals surface area contributed by atoms with Crippen LogP contribution in [-0.2, 0) is 12.2 Å². The van der Waals surface area contributed by atoms with Gasteiger partial charge >= 0.3 is 0 Å². The number of unbranched alkanes of at least 4 members (excludes halogenated alkanes) is 2. The molecule has 0 saturated carbocycles. The maximum absolute atomic E-state index is 11.9. The van der Waals surface area contributed by atoms with Crippen molar-refractivity contribution in [3.05, 3.63) is 21.4 Å². The Morgan fingerprint density at radius 3 is 3.17 bits per heavy atom. The first kappa shape index (κ1) is 13.5. The zero-order chi connectivity index (χ0) is 12.8. The molecule has 1 aliphatic rings. The quantitative estimate of drug-likeness (QED) is 0.663. The van der Waals surface area contributed by atoms with Gasteiger partial charge in [0.2, 0.25) is 0 Å². The lowest BCUT2D eigenvalue weighted by molar-refractivity contribution is 0.0957. The highest BCUT2D eigenvalue weighted by Gasteiger charge is 2.16. The molecule has 96 valence electrons. The van der Waals surface area contributed by atoms with E-state index in [1.807, 2.05) is 11.8 Å². The van der Waals surface area contributed by atoms with Crippen LogP contribution in [0.15, 0.2) is 6.07 Å². The molecule has 0 bridgehead atoms. The van der Waals surface area contributed by atoms with Gasteiger partial charge in [0.1, 0.15) is 0 Å². The number of thiophene rings is 1. The standard InChI is InChI=1S/C14H17NOS2/c1-2-3-4-5-7-15-14(16)13-9-11-10-17-8-6-12(11)18-13/h1,9H,3-8,10H2,(H,15,16). The molecule has 0 fully saturated rings. The summed E-state index contributed by atoms with van der Waals surface area (Å²) in [6, 6.07) is 2.06. The molecule has 1 aromatic heterocycles. The average Bonchev–Trinajstić information content (AvgIpc) is 2.82. The van der Waals surface area contributed by atoms with E-state index in [0.29, 0.717) is 0 Å². The first-order valence-corrected chi connectivity index (χ1v) is 8.19. The van der Waals surface area contributed by atoms with Gasteiger partial charge < -0.3 is 5.32 Å². The third kappa shape index (κ3) is 3.54. The van der Waals surface area contributed by atoms with Gasteiger partial charge in [0, 0.05) is 23.6 Å². The molecule has 4 heteroatoms. The number of nitrogens with one attached hydrogen (secondary N) is 1. The van der Waals surface area contributed by atoms with Gasteiger partial charge in [-0.3, -0.25) is 4.79 Å². The molecule has 0 atom stereocenters. The highest BCUT2D eigenvalue weighted by Crippen LogP contribution is 2.31. The minimum atomic E-state index is 0.0695. The number of carbonyl (C=O) groups excluding carboxylic acids is 1. The summed E-state index contributed by atoms with van der Waals surface area (Å²) in [6.45, 7) is 0.720. The van der Waals surface area contributed by atoms with E-state index in [9.17, 15) is 4.79 Å². The number of terminal acetylenes is 1. The molecule has 1 aliphatic heterocycles. The van der Waals surface area contributed by atoms with E-state index >= 15 is 0 Å². The van der Waals surface area contributed by atoms with Crippen LogP contribution in [0.3, 0.4) is 0 Å². The molecule has 0 unspecified atom stereocenters. The summed E-state index contributed by atoms with van der Waals surface area (Å²) in [4.78, 5) is 14.2. The zero-order valence-corrected chi connectivity index (χ0v) is 12.0. The largest absolute Gasteiger partial charge is 0.351 e. The fourth-order valence-corrected chi connectivity index (χ4v) is 4.19. The summed E-state index contributed by atoms with van der Waals surface area (Å²) < 4.78 is 0. The second kappa shape index (κ2) is 6.86. The van der Waals surface area contributed by atoms with Crippen molar-refractivity contribution in [2.24, 2.45) is 0 Å². The van der Waals surface area contributed by atoms with Gasteiger partial charge in [-0.25, -0.2) is 0 Å². The highest BCUT2D eigenvalue weighted by molar-refractivity contribution is 7.98. The number of amides is 1. The summed E-state index contributed by atoms with van der Waals surface area (Å²) in [5.74, 6) is 4.92. The summed E-state index contributed by atoms with van der Waals surface area (Å²) in [6.07, 6.45) is 9.02. The average molecular weight is 279 g/mol. The molecule has 0 saturated heterocycles. The summed E-state index contributed by atoms with van der Waals surface area (Å²) >= 11 is 3.60. The second-order valence-corrected chi connectivity index (χ2v) is 6.52. The molecule has 0 aromatic carbocycles. The smallest absolute Gasteiger partial charge is 0.261 e. The van der Waals surface area contributed by atoms with Gasteiger partial charge in [-0.05, 0) is 36.6 Å². The molecule has 1 aromatic rings. The van der Waals surface area contributed by atoms with Crippen molar-refractivity contribution < 1.29 is 4.79 Å². The van der Waals surface area contributed by atoms with E-state index < -0.39 is 0 Å². The molecular weight excluding hydrogens is 262 g/mol. The topological polar surface area (TPSA) is 29.1 Å². The maximum Gasteiger partial charge on any atom is 0.261 e. The minimum absolute atomic E-state index is 0.0695. The van der Waals surface area contributed by atoms with E-state index in [1.54, 1.807) is 11.3 Å². The molecule has 2 rings (SSSR count). The Bertz CT molecular complexity index is 435. The number of fused-ring (bicyclic) bond motifs is 1. The van der Waals surface area contributed by atoms with Crippen molar-refractivity contribution in [2.75, 3.05) is 12.3 Å². The summed E-state index contributed by atoms with van der Waals surface area (Å²) in [7, 11) is 0. The van der Waals surface area contributed by atoms with Crippen LogP contribution in [-0.4, -0.2) is 18.2 Å². The van der Waals surface area contributed by atoms with Gasteiger partial charge in [0.25, 0.3) is 5.91 Å². The molecule has 2 nitrogen and oxygen atoms in total. The Balaban J connectivity index is 1.82. The number of hydrogen-bond acceptors (Lipinski definition) is 3. The number of rotatable bonds is 5. The number of aryl methyl sites for hydroxylation is 1. The monoisotopic (exact) mass is 279 g/mol. The van der Waals surface area contributed by atoms with Crippen LogP contribution in [0.4, 0.5) is 0 Å². The lowest BCUT2D eigenvalue weighted by Gasteiger charge is -2.08.